The van der Waals surface area contributed by atoms with Crippen molar-refractivity contribution in [2.75, 3.05) is 0 Å². The van der Waals surface area contributed by atoms with Gasteiger partial charge in [0.15, 0.2) is 15.8 Å². The molecule has 2 N–H and O–H groups in total. The molecule has 0 fully saturated rings. The maximum absolute atomic E-state index is 7.19. The van der Waals surface area contributed by atoms with Crippen molar-refractivity contribution in [1.29, 1.82) is 5.41 Å². The number of H-pyrrole nitrogens is 1. The van der Waals surface area contributed by atoms with Crippen molar-refractivity contribution in [1.82, 2.24) is 25.0 Å². The highest BCUT2D eigenvalue weighted by Crippen LogP contribution is 2.01. The second-order valence-electron chi connectivity index (χ2n) is 1.60. The topological polar surface area (TPSA) is 91.2 Å². The minimum absolute atomic E-state index is 0.0579. The molecule has 0 unspecified atom stereocenters. The monoisotopic (exact) mass is 154 g/mol. The first kappa shape index (κ1) is 5.42. The second kappa shape index (κ2) is 1.81. The first-order valence-corrected chi connectivity index (χ1v) is 3.23. The number of hydrogen-bond donors (Lipinski definition) is 2. The number of aromatic nitrogens is 5. The van der Waals surface area contributed by atoms with Crippen LogP contribution in [0.3, 0.4) is 0 Å². The summed E-state index contributed by atoms with van der Waals surface area (Å²) in [7, 11) is 0. The molecule has 0 saturated heterocycles. The molecule has 2 aromatic rings. The Morgan fingerprint density at radius 1 is 1.40 bits per heavy atom. The van der Waals surface area contributed by atoms with Gasteiger partial charge in [-0.05, 0) is 0 Å². The third kappa shape index (κ3) is 0.605. The van der Waals surface area contributed by atoms with Crippen LogP contribution in [0.5, 0.6) is 0 Å². The summed E-state index contributed by atoms with van der Waals surface area (Å²) in [5.74, 6) is 0. The molecule has 2 heterocycles. The zero-order chi connectivity index (χ0) is 6.97. The van der Waals surface area contributed by atoms with Crippen LogP contribution in [0.2, 0.25) is 0 Å². The molecule has 0 radical (unpaired) electrons. The number of nitrogens with one attached hydrogen (secondary N) is 2. The Kier molecular flexibility index (Phi) is 0.978. The Labute approximate surface area is 58.6 Å². The molecule has 2 rings (SSSR count). The van der Waals surface area contributed by atoms with Gasteiger partial charge in [-0.25, -0.2) is 0 Å². The molecule has 0 atom stereocenters. The molecule has 2 aromatic heterocycles. The fourth-order valence-corrected chi connectivity index (χ4v) is 1.10. The van der Waals surface area contributed by atoms with Crippen molar-refractivity contribution < 1.29 is 0 Å². The van der Waals surface area contributed by atoms with E-state index in [2.05, 4.69) is 25.0 Å². The Morgan fingerprint density at radius 3 is 3.10 bits per heavy atom. The van der Waals surface area contributed by atoms with Crippen LogP contribution >= 0.6 is 11.5 Å². The largest absolute Gasteiger partial charge is 0.279 e. The number of fused-ring (bicyclic) bond motifs is 1. The van der Waals surface area contributed by atoms with Crippen LogP contribution in [-0.2, 0) is 0 Å². The fraction of sp³-hybridized carbons (Fsp3) is 0. The number of rotatable bonds is 0. The van der Waals surface area contributed by atoms with Crippen molar-refractivity contribution in [2.24, 2.45) is 0 Å². The van der Waals surface area contributed by atoms with Gasteiger partial charge >= 0.3 is 0 Å². The van der Waals surface area contributed by atoms with Crippen LogP contribution in [0.15, 0.2) is 0 Å². The summed E-state index contributed by atoms with van der Waals surface area (Å²) in [4.78, 5) is 0.611. The van der Waals surface area contributed by atoms with Crippen molar-refractivity contribution in [3.63, 3.8) is 0 Å². The van der Waals surface area contributed by atoms with E-state index in [0.29, 0.717) is 10.3 Å². The lowest BCUT2D eigenvalue weighted by atomic mass is 10.6. The van der Waals surface area contributed by atoms with Gasteiger partial charge in [-0.1, -0.05) is 4.49 Å². The quantitative estimate of drug-likeness (QED) is 0.524. The van der Waals surface area contributed by atoms with E-state index in [1.54, 1.807) is 0 Å². The summed E-state index contributed by atoms with van der Waals surface area (Å²) >= 11 is 1.11. The molecule has 50 valence electrons. The van der Waals surface area contributed by atoms with Gasteiger partial charge in [0.1, 0.15) is 0 Å². The summed E-state index contributed by atoms with van der Waals surface area (Å²) in [5.41, 5.74) is 0.530. The van der Waals surface area contributed by atoms with Gasteiger partial charge in [0, 0.05) is 11.5 Å². The number of hydrogen-bond acceptors (Lipinski definition) is 6. The van der Waals surface area contributed by atoms with E-state index in [9.17, 15) is 0 Å². The molecule has 0 aliphatic rings. The maximum Gasteiger partial charge on any atom is 0.199 e. The number of nitrogens with zero attached hydrogens (tertiary/aromatic N) is 4. The van der Waals surface area contributed by atoms with Crippen molar-refractivity contribution in [3.8, 4) is 0 Å². The van der Waals surface area contributed by atoms with E-state index in [4.69, 9.17) is 5.41 Å². The molecule has 0 aromatic carbocycles. The molecule has 0 aliphatic carbocycles. The Hall–Kier alpha value is -1.37. The highest BCUT2D eigenvalue weighted by Gasteiger charge is 1.99. The zero-order valence-electron chi connectivity index (χ0n) is 4.70. The lowest BCUT2D eigenvalue weighted by molar-refractivity contribution is 0.949. The van der Waals surface area contributed by atoms with Gasteiger partial charge in [0.05, 0.1) is 0 Å². The van der Waals surface area contributed by atoms with E-state index in [1.807, 2.05) is 0 Å². The third-order valence-corrected chi connectivity index (χ3v) is 1.63. The first-order valence-electron chi connectivity index (χ1n) is 2.45. The van der Waals surface area contributed by atoms with E-state index in [-0.39, 0.29) is 5.49 Å². The van der Waals surface area contributed by atoms with Gasteiger partial charge < -0.3 is 0 Å². The molecule has 0 spiro atoms. The van der Waals surface area contributed by atoms with Gasteiger partial charge in [-0.3, -0.25) is 5.41 Å². The molecule has 0 amide bonds. The Morgan fingerprint density at radius 2 is 2.30 bits per heavy atom. The summed E-state index contributed by atoms with van der Waals surface area (Å²) in [5, 5.41) is 20.5. The molecular weight excluding hydrogens is 152 g/mol. The Balaban J connectivity index is 3.09. The lowest BCUT2D eigenvalue weighted by Gasteiger charge is -1.77. The van der Waals surface area contributed by atoms with E-state index in [0.717, 1.165) is 11.5 Å². The summed E-state index contributed by atoms with van der Waals surface area (Å²) in [6.07, 6.45) is 0. The Bertz CT molecular complexity index is 400. The molecule has 7 heteroatoms. The summed E-state index contributed by atoms with van der Waals surface area (Å²) < 4.78 is 3.57. The maximum atomic E-state index is 7.19. The number of aromatic amines is 1. The molecule has 10 heavy (non-hydrogen) atoms. The van der Waals surface area contributed by atoms with E-state index in [1.165, 1.54) is 0 Å². The molecule has 0 aliphatic heterocycles. The average molecular weight is 154 g/mol. The van der Waals surface area contributed by atoms with E-state index >= 15 is 0 Å². The molecule has 0 bridgehead atoms. The normalized spacial score (nSPS) is 10.4. The minimum Gasteiger partial charge on any atom is -0.279 e. The van der Waals surface area contributed by atoms with Crippen LogP contribution in [0.1, 0.15) is 0 Å². The molecule has 6 nitrogen and oxygen atoms in total. The lowest BCUT2D eigenvalue weighted by Crippen LogP contribution is -2.06. The van der Waals surface area contributed by atoms with Crippen LogP contribution in [0.25, 0.3) is 10.3 Å². The summed E-state index contributed by atoms with van der Waals surface area (Å²) in [6, 6.07) is 0. The smallest absolute Gasteiger partial charge is 0.199 e. The first-order chi connectivity index (χ1) is 4.88. The SMILES string of the molecule is N=c1nnsc2n[nH]nc12. The predicted octanol–water partition coefficient (Wildman–Crippen LogP) is -0.711. The summed E-state index contributed by atoms with van der Waals surface area (Å²) in [6.45, 7) is 0. The highest BCUT2D eigenvalue weighted by atomic mass is 32.1. The van der Waals surface area contributed by atoms with Crippen LogP contribution in [-0.4, -0.2) is 25.0 Å². The van der Waals surface area contributed by atoms with Crippen LogP contribution < -0.4 is 5.49 Å². The van der Waals surface area contributed by atoms with Crippen molar-refractivity contribution in [2.45, 2.75) is 0 Å². The fourth-order valence-electron chi connectivity index (χ4n) is 0.586. The van der Waals surface area contributed by atoms with Crippen LogP contribution in [0.4, 0.5) is 0 Å². The standard InChI is InChI=1S/C3H2N6S/c4-2-1-3(7-8-5-1)10-9-6-2/h4H,(H,5,7,8). The van der Waals surface area contributed by atoms with Crippen molar-refractivity contribution in [3.05, 3.63) is 5.49 Å². The zero-order valence-corrected chi connectivity index (χ0v) is 5.51. The van der Waals surface area contributed by atoms with Gasteiger partial charge in [-0.2, -0.15) is 10.3 Å². The molecular formula is C3H2N6S. The minimum atomic E-state index is 0.0579. The average Bonchev–Trinajstić information content (AvgIpc) is 2.36. The third-order valence-electron chi connectivity index (χ3n) is 1.01. The van der Waals surface area contributed by atoms with Gasteiger partial charge in [0.25, 0.3) is 0 Å². The van der Waals surface area contributed by atoms with Crippen LogP contribution in [0, 0.1) is 5.41 Å². The molecule has 0 saturated carbocycles. The van der Waals surface area contributed by atoms with Gasteiger partial charge in [-0.15, -0.1) is 10.2 Å². The van der Waals surface area contributed by atoms with Crippen molar-refractivity contribution >= 4 is 21.9 Å². The predicted molar refractivity (Wildman–Crippen MR) is 33.2 cm³/mol. The van der Waals surface area contributed by atoms with Gasteiger partial charge in [0.2, 0.25) is 0 Å². The van der Waals surface area contributed by atoms with E-state index < -0.39 is 0 Å². The highest BCUT2D eigenvalue weighted by molar-refractivity contribution is 7.12. The second-order valence-corrected chi connectivity index (χ2v) is 2.33.